The minimum atomic E-state index is -0.250. The second-order valence-electron chi connectivity index (χ2n) is 6.39. The van der Waals surface area contributed by atoms with Crippen molar-refractivity contribution in [2.75, 3.05) is 11.9 Å². The lowest BCUT2D eigenvalue weighted by Gasteiger charge is -2.13. The number of amides is 2. The van der Waals surface area contributed by atoms with E-state index in [9.17, 15) is 9.59 Å². The largest absolute Gasteiger partial charge is 0.352 e. The number of allylic oxidation sites excluding steroid dienone is 1. The molecule has 5 heteroatoms. The minimum absolute atomic E-state index is 0.126. The number of hydrogen-bond donors (Lipinski definition) is 2. The lowest BCUT2D eigenvalue weighted by atomic mass is 9.97. The van der Waals surface area contributed by atoms with Crippen LogP contribution in [0.2, 0.25) is 0 Å². The van der Waals surface area contributed by atoms with Crippen LogP contribution in [0, 0.1) is 0 Å². The first-order valence-electron chi connectivity index (χ1n) is 9.00. The molecule has 1 aliphatic carbocycles. The second kappa shape index (κ2) is 8.94. The fourth-order valence-corrected chi connectivity index (χ4v) is 3.01. The van der Waals surface area contributed by atoms with Gasteiger partial charge in [-0.2, -0.15) is 0 Å². The number of benzene rings is 1. The number of rotatable bonds is 6. The molecule has 2 aromatic rings. The standard InChI is InChI=1S/C21H23N3O2/c25-20(23-13-11-16-6-2-1-3-7-16)17-8-4-10-19(14-17)24-21(26)18-9-5-12-22-15-18/h4-6,8-10,12,14-15H,1-3,7,11,13H2,(H,23,25)(H,24,26). The third kappa shape index (κ3) is 5.02. The van der Waals surface area contributed by atoms with Gasteiger partial charge in [0.1, 0.15) is 0 Å². The predicted octanol–water partition coefficient (Wildman–Crippen LogP) is 3.95. The van der Waals surface area contributed by atoms with Crippen LogP contribution in [0.15, 0.2) is 60.4 Å². The zero-order valence-corrected chi connectivity index (χ0v) is 14.7. The van der Waals surface area contributed by atoms with Gasteiger partial charge < -0.3 is 10.6 Å². The van der Waals surface area contributed by atoms with E-state index in [-0.39, 0.29) is 11.8 Å². The Morgan fingerprint density at radius 1 is 1.04 bits per heavy atom. The molecule has 3 rings (SSSR count). The summed E-state index contributed by atoms with van der Waals surface area (Å²) >= 11 is 0. The van der Waals surface area contributed by atoms with Crippen molar-refractivity contribution in [3.8, 4) is 0 Å². The molecule has 1 aromatic heterocycles. The average molecular weight is 349 g/mol. The zero-order chi connectivity index (χ0) is 18.2. The molecule has 0 aliphatic heterocycles. The summed E-state index contributed by atoms with van der Waals surface area (Å²) in [4.78, 5) is 28.5. The lowest BCUT2D eigenvalue weighted by molar-refractivity contribution is 0.0952. The van der Waals surface area contributed by atoms with Crippen LogP contribution in [0.3, 0.4) is 0 Å². The van der Waals surface area contributed by atoms with E-state index < -0.39 is 0 Å². The molecule has 2 amide bonds. The maximum Gasteiger partial charge on any atom is 0.257 e. The van der Waals surface area contributed by atoms with Crippen LogP contribution in [0.5, 0.6) is 0 Å². The highest BCUT2D eigenvalue weighted by Gasteiger charge is 2.10. The van der Waals surface area contributed by atoms with Crippen LogP contribution >= 0.6 is 0 Å². The van der Waals surface area contributed by atoms with Crippen molar-refractivity contribution >= 4 is 17.5 Å². The molecule has 134 valence electrons. The Balaban J connectivity index is 1.55. The van der Waals surface area contributed by atoms with Gasteiger partial charge >= 0.3 is 0 Å². The van der Waals surface area contributed by atoms with Gasteiger partial charge in [-0.1, -0.05) is 17.7 Å². The van der Waals surface area contributed by atoms with E-state index in [0.717, 1.165) is 19.3 Å². The Bertz CT molecular complexity index is 800. The maximum absolute atomic E-state index is 12.3. The first-order chi connectivity index (χ1) is 12.7. The number of nitrogens with zero attached hydrogens (tertiary/aromatic N) is 1. The molecular formula is C21H23N3O2. The Kier molecular flexibility index (Phi) is 6.14. The van der Waals surface area contributed by atoms with E-state index in [1.807, 2.05) is 0 Å². The molecule has 5 nitrogen and oxygen atoms in total. The molecule has 0 atom stereocenters. The molecule has 0 radical (unpaired) electrons. The number of carbonyl (C=O) groups excluding carboxylic acids is 2. The van der Waals surface area contributed by atoms with Crippen molar-refractivity contribution in [3.63, 3.8) is 0 Å². The molecule has 0 spiro atoms. The van der Waals surface area contributed by atoms with Crippen molar-refractivity contribution in [3.05, 3.63) is 71.6 Å². The Morgan fingerprint density at radius 3 is 2.69 bits per heavy atom. The van der Waals surface area contributed by atoms with Gasteiger partial charge in [-0.3, -0.25) is 14.6 Å². The van der Waals surface area contributed by atoms with Crippen molar-refractivity contribution in [2.24, 2.45) is 0 Å². The molecule has 2 N–H and O–H groups in total. The fraction of sp³-hybridized carbons (Fsp3) is 0.286. The fourth-order valence-electron chi connectivity index (χ4n) is 3.01. The third-order valence-corrected chi connectivity index (χ3v) is 4.42. The van der Waals surface area contributed by atoms with Crippen molar-refractivity contribution in [1.29, 1.82) is 0 Å². The third-order valence-electron chi connectivity index (χ3n) is 4.42. The average Bonchev–Trinajstić information content (AvgIpc) is 2.69. The van der Waals surface area contributed by atoms with Crippen molar-refractivity contribution in [2.45, 2.75) is 32.1 Å². The van der Waals surface area contributed by atoms with Crippen LogP contribution < -0.4 is 10.6 Å². The molecular weight excluding hydrogens is 326 g/mol. The van der Waals surface area contributed by atoms with E-state index in [0.29, 0.717) is 23.4 Å². The summed E-state index contributed by atoms with van der Waals surface area (Å²) in [5, 5.41) is 5.75. The van der Waals surface area contributed by atoms with Crippen LogP contribution in [0.4, 0.5) is 5.69 Å². The molecule has 0 unspecified atom stereocenters. The summed E-state index contributed by atoms with van der Waals surface area (Å²) in [6, 6.07) is 10.4. The van der Waals surface area contributed by atoms with Gasteiger partial charge in [0.2, 0.25) is 0 Å². The Morgan fingerprint density at radius 2 is 1.92 bits per heavy atom. The number of hydrogen-bond acceptors (Lipinski definition) is 3. The smallest absolute Gasteiger partial charge is 0.257 e. The minimum Gasteiger partial charge on any atom is -0.352 e. The topological polar surface area (TPSA) is 71.1 Å². The van der Waals surface area contributed by atoms with Crippen molar-refractivity contribution in [1.82, 2.24) is 10.3 Å². The van der Waals surface area contributed by atoms with Crippen LogP contribution in [0.25, 0.3) is 0 Å². The Hall–Kier alpha value is -2.95. The molecule has 0 saturated heterocycles. The number of pyridine rings is 1. The van der Waals surface area contributed by atoms with E-state index in [2.05, 4.69) is 21.7 Å². The molecule has 26 heavy (non-hydrogen) atoms. The van der Waals surface area contributed by atoms with Gasteiger partial charge in [-0.05, 0) is 62.4 Å². The summed E-state index contributed by atoms with van der Waals surface area (Å²) in [6.07, 6.45) is 11.1. The highest BCUT2D eigenvalue weighted by Crippen LogP contribution is 2.19. The second-order valence-corrected chi connectivity index (χ2v) is 6.39. The number of carbonyl (C=O) groups is 2. The molecule has 1 heterocycles. The summed E-state index contributed by atoms with van der Waals surface area (Å²) in [5.41, 5.74) is 3.03. The Labute approximate surface area is 153 Å². The van der Waals surface area contributed by atoms with Gasteiger partial charge in [0.05, 0.1) is 5.56 Å². The molecule has 1 aromatic carbocycles. The first kappa shape index (κ1) is 17.9. The normalized spacial score (nSPS) is 13.6. The van der Waals surface area contributed by atoms with E-state index in [4.69, 9.17) is 0 Å². The summed E-state index contributed by atoms with van der Waals surface area (Å²) in [7, 11) is 0. The SMILES string of the molecule is O=C(NCCC1=CCCCC1)c1cccc(NC(=O)c2cccnc2)c1. The monoisotopic (exact) mass is 349 g/mol. The van der Waals surface area contributed by atoms with Crippen molar-refractivity contribution < 1.29 is 9.59 Å². The lowest BCUT2D eigenvalue weighted by Crippen LogP contribution is -2.25. The van der Waals surface area contributed by atoms with E-state index >= 15 is 0 Å². The van der Waals surface area contributed by atoms with Crippen LogP contribution in [-0.4, -0.2) is 23.3 Å². The summed E-state index contributed by atoms with van der Waals surface area (Å²) in [5.74, 6) is -0.376. The van der Waals surface area contributed by atoms with E-state index in [1.54, 1.807) is 42.6 Å². The van der Waals surface area contributed by atoms with Gasteiger partial charge in [0.15, 0.2) is 0 Å². The maximum atomic E-state index is 12.3. The first-order valence-corrected chi connectivity index (χ1v) is 9.00. The van der Waals surface area contributed by atoms with Gasteiger partial charge in [0, 0.05) is 30.2 Å². The van der Waals surface area contributed by atoms with Crippen LogP contribution in [-0.2, 0) is 0 Å². The van der Waals surface area contributed by atoms with Crippen LogP contribution in [0.1, 0.15) is 52.8 Å². The van der Waals surface area contributed by atoms with E-state index in [1.165, 1.54) is 24.6 Å². The highest BCUT2D eigenvalue weighted by molar-refractivity contribution is 6.04. The van der Waals surface area contributed by atoms with Gasteiger partial charge in [-0.25, -0.2) is 0 Å². The number of nitrogens with one attached hydrogen (secondary N) is 2. The van der Waals surface area contributed by atoms with Gasteiger partial charge in [0.25, 0.3) is 11.8 Å². The number of aromatic nitrogens is 1. The summed E-state index contributed by atoms with van der Waals surface area (Å²) < 4.78 is 0. The summed E-state index contributed by atoms with van der Waals surface area (Å²) in [6.45, 7) is 0.636. The number of anilines is 1. The predicted molar refractivity (Wildman–Crippen MR) is 102 cm³/mol. The molecule has 1 aliphatic rings. The van der Waals surface area contributed by atoms with Gasteiger partial charge in [-0.15, -0.1) is 0 Å². The quantitative estimate of drug-likeness (QED) is 0.776. The highest BCUT2D eigenvalue weighted by atomic mass is 16.2. The molecule has 0 fully saturated rings. The molecule has 0 bridgehead atoms. The zero-order valence-electron chi connectivity index (χ0n) is 14.7. The molecule has 0 saturated carbocycles.